The van der Waals surface area contributed by atoms with Crippen LogP contribution in [0.2, 0.25) is 5.02 Å². The van der Waals surface area contributed by atoms with Gasteiger partial charge < -0.3 is 10.6 Å². The predicted molar refractivity (Wildman–Crippen MR) is 64.5 cm³/mol. The number of hydrogen-bond donors (Lipinski definition) is 2. The Morgan fingerprint density at radius 1 is 1.44 bits per heavy atom. The van der Waals surface area contributed by atoms with Gasteiger partial charge in [-0.05, 0) is 11.6 Å². The van der Waals surface area contributed by atoms with Crippen molar-refractivity contribution in [1.82, 2.24) is 10.6 Å². The summed E-state index contributed by atoms with van der Waals surface area (Å²) in [6.07, 6.45) is 0.361. The molecule has 0 aromatic heterocycles. The van der Waals surface area contributed by atoms with Gasteiger partial charge in [-0.25, -0.2) is 0 Å². The molecule has 1 aromatic rings. The molecule has 0 aliphatic carbocycles. The van der Waals surface area contributed by atoms with Crippen LogP contribution in [0.15, 0.2) is 24.3 Å². The number of rotatable bonds is 4. The van der Waals surface area contributed by atoms with Gasteiger partial charge in [0, 0.05) is 30.6 Å². The quantitative estimate of drug-likeness (QED) is 0.828. The first-order valence-corrected chi connectivity index (χ1v) is 5.84. The van der Waals surface area contributed by atoms with E-state index in [-0.39, 0.29) is 5.91 Å². The number of nitrogens with one attached hydrogen (secondary N) is 2. The number of benzene rings is 1. The second kappa shape index (κ2) is 5.32. The van der Waals surface area contributed by atoms with E-state index in [1.165, 1.54) is 0 Å². The summed E-state index contributed by atoms with van der Waals surface area (Å²) >= 11 is 5.98. The molecule has 1 aliphatic heterocycles. The normalized spacial score (nSPS) is 15.6. The predicted octanol–water partition coefficient (Wildman–Crippen LogP) is 1.22. The van der Waals surface area contributed by atoms with Crippen LogP contribution in [0.1, 0.15) is 5.56 Å². The van der Waals surface area contributed by atoms with Crippen molar-refractivity contribution in [2.24, 2.45) is 5.92 Å². The van der Waals surface area contributed by atoms with Crippen LogP contribution in [0.4, 0.5) is 0 Å². The Hall–Kier alpha value is -1.06. The summed E-state index contributed by atoms with van der Waals surface area (Å²) in [6, 6.07) is 7.45. The summed E-state index contributed by atoms with van der Waals surface area (Å²) in [7, 11) is 0. The molecule has 0 atom stereocenters. The van der Waals surface area contributed by atoms with Crippen LogP contribution < -0.4 is 10.6 Å². The first-order chi connectivity index (χ1) is 7.75. The summed E-state index contributed by atoms with van der Waals surface area (Å²) < 4.78 is 0. The van der Waals surface area contributed by atoms with Crippen molar-refractivity contribution in [3.8, 4) is 0 Å². The highest BCUT2D eigenvalue weighted by Gasteiger charge is 2.17. The molecule has 0 saturated carbocycles. The zero-order valence-corrected chi connectivity index (χ0v) is 9.76. The number of hydrogen-bond acceptors (Lipinski definition) is 2. The third-order valence-electron chi connectivity index (χ3n) is 2.76. The molecule has 4 heteroatoms. The van der Waals surface area contributed by atoms with Crippen LogP contribution in [0.3, 0.4) is 0 Å². The van der Waals surface area contributed by atoms with Gasteiger partial charge in [-0.15, -0.1) is 0 Å². The summed E-state index contributed by atoms with van der Waals surface area (Å²) in [5, 5.41) is 6.75. The van der Waals surface area contributed by atoms with E-state index in [9.17, 15) is 4.79 Å². The Morgan fingerprint density at radius 3 is 2.81 bits per heavy atom. The molecule has 2 rings (SSSR count). The Bertz CT molecular complexity index is 377. The van der Waals surface area contributed by atoms with Gasteiger partial charge in [0.25, 0.3) is 0 Å². The zero-order valence-electron chi connectivity index (χ0n) is 9.00. The monoisotopic (exact) mass is 238 g/mol. The first kappa shape index (κ1) is 11.4. The van der Waals surface area contributed by atoms with Crippen LogP contribution in [0.25, 0.3) is 0 Å². The molecule has 1 amide bonds. The van der Waals surface area contributed by atoms with Gasteiger partial charge in [0.1, 0.15) is 0 Å². The molecule has 1 fully saturated rings. The molecule has 86 valence electrons. The topological polar surface area (TPSA) is 41.1 Å². The van der Waals surface area contributed by atoms with Crippen LogP contribution in [-0.4, -0.2) is 25.5 Å². The van der Waals surface area contributed by atoms with Crippen LogP contribution >= 0.6 is 11.6 Å². The van der Waals surface area contributed by atoms with E-state index in [0.717, 1.165) is 25.2 Å². The van der Waals surface area contributed by atoms with E-state index in [2.05, 4.69) is 10.6 Å². The van der Waals surface area contributed by atoms with E-state index >= 15 is 0 Å². The van der Waals surface area contributed by atoms with Gasteiger partial charge in [-0.3, -0.25) is 4.79 Å². The lowest BCUT2D eigenvalue weighted by Crippen LogP contribution is -2.48. The molecule has 3 nitrogen and oxygen atoms in total. The van der Waals surface area contributed by atoms with E-state index in [1.807, 2.05) is 18.2 Å². The van der Waals surface area contributed by atoms with Crippen molar-refractivity contribution in [1.29, 1.82) is 0 Å². The Kier molecular flexibility index (Phi) is 3.80. The lowest BCUT2D eigenvalue weighted by Gasteiger charge is -2.27. The van der Waals surface area contributed by atoms with Crippen LogP contribution in [-0.2, 0) is 11.2 Å². The first-order valence-electron chi connectivity index (χ1n) is 5.46. The van der Waals surface area contributed by atoms with E-state index in [0.29, 0.717) is 17.4 Å². The second-order valence-corrected chi connectivity index (χ2v) is 4.50. The molecule has 1 aromatic carbocycles. The average Bonchev–Trinajstić information content (AvgIpc) is 2.19. The van der Waals surface area contributed by atoms with Crippen molar-refractivity contribution < 1.29 is 4.79 Å². The fourth-order valence-corrected chi connectivity index (χ4v) is 1.83. The van der Waals surface area contributed by atoms with Crippen molar-refractivity contribution in [2.75, 3.05) is 19.6 Å². The molecule has 16 heavy (non-hydrogen) atoms. The highest BCUT2D eigenvalue weighted by Crippen LogP contribution is 2.15. The fourth-order valence-electron chi connectivity index (χ4n) is 1.63. The van der Waals surface area contributed by atoms with E-state index in [4.69, 9.17) is 11.6 Å². The maximum absolute atomic E-state index is 11.6. The minimum absolute atomic E-state index is 0.0417. The van der Waals surface area contributed by atoms with Crippen LogP contribution in [0, 0.1) is 5.92 Å². The van der Waals surface area contributed by atoms with Crippen molar-refractivity contribution in [2.45, 2.75) is 6.42 Å². The Labute approximate surface area is 100 Å². The van der Waals surface area contributed by atoms with Crippen LogP contribution in [0.5, 0.6) is 0 Å². The third kappa shape index (κ3) is 2.97. The second-order valence-electron chi connectivity index (χ2n) is 4.10. The number of carbonyl (C=O) groups excluding carboxylic acids is 1. The maximum Gasteiger partial charge on any atom is 0.224 e. The molecule has 2 N–H and O–H groups in total. The molecule has 0 radical (unpaired) electrons. The van der Waals surface area contributed by atoms with E-state index in [1.54, 1.807) is 6.07 Å². The fraction of sp³-hybridized carbons (Fsp3) is 0.417. The Morgan fingerprint density at radius 2 is 2.19 bits per heavy atom. The minimum atomic E-state index is 0.0417. The SMILES string of the molecule is O=C(Cc1ccccc1Cl)NCC1CNC1. The number of halogens is 1. The van der Waals surface area contributed by atoms with Gasteiger partial charge in [0.2, 0.25) is 5.91 Å². The highest BCUT2D eigenvalue weighted by atomic mass is 35.5. The maximum atomic E-state index is 11.6. The van der Waals surface area contributed by atoms with Crippen molar-refractivity contribution in [3.05, 3.63) is 34.9 Å². The molecular weight excluding hydrogens is 224 g/mol. The summed E-state index contributed by atoms with van der Waals surface area (Å²) in [5.74, 6) is 0.634. The number of amides is 1. The Balaban J connectivity index is 1.80. The lowest BCUT2D eigenvalue weighted by molar-refractivity contribution is -0.120. The lowest BCUT2D eigenvalue weighted by atomic mass is 10.0. The van der Waals surface area contributed by atoms with Crippen molar-refractivity contribution >= 4 is 17.5 Å². The molecule has 0 spiro atoms. The van der Waals surface area contributed by atoms with Gasteiger partial charge in [0.05, 0.1) is 6.42 Å². The summed E-state index contributed by atoms with van der Waals surface area (Å²) in [5.41, 5.74) is 0.883. The molecule has 1 saturated heterocycles. The molecule has 0 unspecified atom stereocenters. The largest absolute Gasteiger partial charge is 0.355 e. The molecular formula is C12H15ClN2O. The van der Waals surface area contributed by atoms with Gasteiger partial charge in [-0.2, -0.15) is 0 Å². The smallest absolute Gasteiger partial charge is 0.224 e. The van der Waals surface area contributed by atoms with Crippen molar-refractivity contribution in [3.63, 3.8) is 0 Å². The summed E-state index contributed by atoms with van der Waals surface area (Å²) in [4.78, 5) is 11.6. The molecule has 0 bridgehead atoms. The minimum Gasteiger partial charge on any atom is -0.355 e. The number of carbonyl (C=O) groups is 1. The van der Waals surface area contributed by atoms with E-state index < -0.39 is 0 Å². The zero-order chi connectivity index (χ0) is 11.4. The van der Waals surface area contributed by atoms with Gasteiger partial charge in [0.15, 0.2) is 0 Å². The third-order valence-corrected chi connectivity index (χ3v) is 3.13. The summed E-state index contributed by atoms with van der Waals surface area (Å²) in [6.45, 7) is 2.77. The molecule has 1 heterocycles. The van der Waals surface area contributed by atoms with Gasteiger partial charge in [-0.1, -0.05) is 29.8 Å². The van der Waals surface area contributed by atoms with Gasteiger partial charge >= 0.3 is 0 Å². The molecule has 1 aliphatic rings. The standard InChI is InChI=1S/C12H15ClN2O/c13-11-4-2-1-3-10(11)5-12(16)15-8-9-6-14-7-9/h1-4,9,14H,5-8H2,(H,15,16). The highest BCUT2D eigenvalue weighted by molar-refractivity contribution is 6.31. The average molecular weight is 239 g/mol.